The lowest BCUT2D eigenvalue weighted by atomic mass is 10.2. The van der Waals surface area contributed by atoms with Crippen molar-refractivity contribution < 1.29 is 18.3 Å². The maximum Gasteiger partial charge on any atom is 0.274 e. The van der Waals surface area contributed by atoms with Crippen molar-refractivity contribution in [2.75, 3.05) is 69.2 Å². The van der Waals surface area contributed by atoms with E-state index in [1.807, 2.05) is 30.3 Å². The first-order valence-corrected chi connectivity index (χ1v) is 11.8. The van der Waals surface area contributed by atoms with Gasteiger partial charge in [0.25, 0.3) is 5.82 Å². The number of benzene rings is 1. The molecule has 0 bridgehead atoms. The summed E-state index contributed by atoms with van der Waals surface area (Å²) in [5.41, 5.74) is 1.06. The minimum atomic E-state index is -3.44. The van der Waals surface area contributed by atoms with E-state index in [0.717, 1.165) is 55.8 Å². The van der Waals surface area contributed by atoms with Crippen molar-refractivity contribution in [2.45, 2.75) is 4.90 Å². The smallest absolute Gasteiger partial charge is 0.274 e. The normalized spacial score (nSPS) is 19.5. The minimum Gasteiger partial charge on any atom is -0.362 e. The van der Waals surface area contributed by atoms with Crippen LogP contribution in [0.1, 0.15) is 0 Å². The van der Waals surface area contributed by atoms with E-state index in [1.54, 1.807) is 16.6 Å². The van der Waals surface area contributed by atoms with Gasteiger partial charge in [0.15, 0.2) is 0 Å². The van der Waals surface area contributed by atoms with E-state index >= 15 is 0 Å². The molecule has 4 rings (SSSR count). The fourth-order valence-electron chi connectivity index (χ4n) is 3.91. The maximum absolute atomic E-state index is 12.9. The second-order valence-corrected chi connectivity index (χ2v) is 10.0. The Bertz CT molecular complexity index is 938. The summed E-state index contributed by atoms with van der Waals surface area (Å²) in [5.74, 6) is 0.936. The SMILES string of the molecule is C[NH+]1CCN(S(=O)(=O)c2ccc(N3CCN(c4ccccc4Cl)CC3)[nH+]c2)CC1. The summed E-state index contributed by atoms with van der Waals surface area (Å²) in [7, 11) is -1.34. The van der Waals surface area contributed by atoms with Crippen molar-refractivity contribution in [3.63, 3.8) is 0 Å². The first-order chi connectivity index (χ1) is 13.9. The summed E-state index contributed by atoms with van der Waals surface area (Å²) in [6.07, 6.45) is 1.62. The summed E-state index contributed by atoms with van der Waals surface area (Å²) >= 11 is 6.32. The van der Waals surface area contributed by atoms with Gasteiger partial charge in [0.05, 0.1) is 57.0 Å². The molecular formula is C20H28ClN5O2S+2. The molecule has 2 saturated heterocycles. The van der Waals surface area contributed by atoms with Crippen LogP contribution in [-0.2, 0) is 10.0 Å². The Morgan fingerprint density at radius 1 is 0.931 bits per heavy atom. The Hall–Kier alpha value is -1.87. The van der Waals surface area contributed by atoms with Crippen LogP contribution in [0.25, 0.3) is 0 Å². The van der Waals surface area contributed by atoms with Crippen LogP contribution in [0.3, 0.4) is 0 Å². The number of quaternary nitrogens is 1. The van der Waals surface area contributed by atoms with E-state index in [9.17, 15) is 8.42 Å². The lowest BCUT2D eigenvalue weighted by molar-refractivity contribution is -0.883. The number of hydrogen-bond donors (Lipinski definition) is 1. The minimum absolute atomic E-state index is 0.329. The zero-order chi connectivity index (χ0) is 20.4. The number of halogens is 1. The van der Waals surface area contributed by atoms with Gasteiger partial charge in [-0.05, 0) is 18.2 Å². The third kappa shape index (κ3) is 4.35. The number of piperazine rings is 2. The molecule has 0 spiro atoms. The van der Waals surface area contributed by atoms with E-state index < -0.39 is 10.0 Å². The average molecular weight is 438 g/mol. The van der Waals surface area contributed by atoms with Gasteiger partial charge in [0.2, 0.25) is 10.0 Å². The van der Waals surface area contributed by atoms with Gasteiger partial charge < -0.3 is 9.80 Å². The molecule has 2 aliphatic rings. The molecule has 7 nitrogen and oxygen atoms in total. The van der Waals surface area contributed by atoms with Gasteiger partial charge in [0, 0.05) is 6.07 Å². The lowest BCUT2D eigenvalue weighted by Crippen LogP contribution is -3.12. The zero-order valence-corrected chi connectivity index (χ0v) is 18.2. The Morgan fingerprint density at radius 3 is 2.21 bits per heavy atom. The molecule has 0 saturated carbocycles. The number of anilines is 2. The van der Waals surface area contributed by atoms with E-state index in [1.165, 1.54) is 4.90 Å². The van der Waals surface area contributed by atoms with Gasteiger partial charge in [-0.25, -0.2) is 13.4 Å². The molecule has 2 N–H and O–H groups in total. The van der Waals surface area contributed by atoms with E-state index in [0.29, 0.717) is 18.0 Å². The fourth-order valence-corrected chi connectivity index (χ4v) is 5.58. The van der Waals surface area contributed by atoms with Crippen LogP contribution in [0.2, 0.25) is 5.02 Å². The van der Waals surface area contributed by atoms with Crippen LogP contribution >= 0.6 is 11.6 Å². The van der Waals surface area contributed by atoms with Crippen LogP contribution in [0.5, 0.6) is 0 Å². The van der Waals surface area contributed by atoms with Gasteiger partial charge in [-0.2, -0.15) is 4.31 Å². The van der Waals surface area contributed by atoms with E-state index in [4.69, 9.17) is 11.6 Å². The predicted molar refractivity (Wildman–Crippen MR) is 114 cm³/mol. The quantitative estimate of drug-likeness (QED) is 0.731. The molecule has 0 unspecified atom stereocenters. The Balaban J connectivity index is 1.41. The van der Waals surface area contributed by atoms with Crippen molar-refractivity contribution in [3.05, 3.63) is 47.6 Å². The molecular weight excluding hydrogens is 410 g/mol. The Morgan fingerprint density at radius 2 is 1.59 bits per heavy atom. The number of nitrogens with one attached hydrogen (secondary N) is 2. The highest BCUT2D eigenvalue weighted by Crippen LogP contribution is 2.26. The van der Waals surface area contributed by atoms with E-state index in [-0.39, 0.29) is 0 Å². The molecule has 1 aromatic carbocycles. The molecule has 3 heterocycles. The maximum atomic E-state index is 12.9. The average Bonchev–Trinajstić information content (AvgIpc) is 2.75. The number of aromatic nitrogens is 1. The number of nitrogens with zero attached hydrogens (tertiary/aromatic N) is 3. The van der Waals surface area contributed by atoms with Crippen LogP contribution in [0.4, 0.5) is 11.5 Å². The van der Waals surface area contributed by atoms with Gasteiger partial charge >= 0.3 is 0 Å². The molecule has 1 aromatic heterocycles. The summed E-state index contributed by atoms with van der Waals surface area (Å²) in [4.78, 5) is 9.42. The molecule has 9 heteroatoms. The number of pyridine rings is 1. The molecule has 2 aromatic rings. The molecule has 2 fully saturated rings. The zero-order valence-electron chi connectivity index (χ0n) is 16.6. The largest absolute Gasteiger partial charge is 0.362 e. The van der Waals surface area contributed by atoms with Crippen LogP contribution < -0.4 is 19.7 Å². The molecule has 0 atom stereocenters. The van der Waals surface area contributed by atoms with Crippen LogP contribution in [-0.4, -0.2) is 72.1 Å². The summed E-state index contributed by atoms with van der Waals surface area (Å²) in [5, 5.41) is 0.771. The topological polar surface area (TPSA) is 62.4 Å². The monoisotopic (exact) mass is 437 g/mol. The summed E-state index contributed by atoms with van der Waals surface area (Å²) in [6.45, 7) is 6.24. The molecule has 29 heavy (non-hydrogen) atoms. The van der Waals surface area contributed by atoms with Crippen molar-refractivity contribution in [3.8, 4) is 0 Å². The predicted octanol–water partition coefficient (Wildman–Crippen LogP) is -0.000300. The Kier molecular flexibility index (Phi) is 5.96. The number of aromatic amines is 1. The first-order valence-electron chi connectivity index (χ1n) is 10.0. The van der Waals surface area contributed by atoms with Crippen LogP contribution in [0, 0.1) is 0 Å². The molecule has 0 amide bonds. The Labute approximate surface area is 177 Å². The number of para-hydroxylation sites is 1. The summed E-state index contributed by atoms with van der Waals surface area (Å²) in [6, 6.07) is 11.5. The number of likely N-dealkylation sites (N-methyl/N-ethyl adjacent to an activating group) is 1. The van der Waals surface area contributed by atoms with Gasteiger partial charge in [-0.1, -0.05) is 23.7 Å². The molecule has 0 radical (unpaired) electrons. The van der Waals surface area contributed by atoms with Gasteiger partial charge in [0.1, 0.15) is 24.2 Å². The highest BCUT2D eigenvalue weighted by Gasteiger charge is 2.31. The van der Waals surface area contributed by atoms with Gasteiger partial charge in [-0.3, -0.25) is 4.90 Å². The number of H-pyrrole nitrogens is 1. The van der Waals surface area contributed by atoms with E-state index in [2.05, 4.69) is 21.8 Å². The van der Waals surface area contributed by atoms with Crippen molar-refractivity contribution in [1.82, 2.24) is 4.31 Å². The highest BCUT2D eigenvalue weighted by molar-refractivity contribution is 7.89. The molecule has 156 valence electrons. The molecule has 2 aliphatic heterocycles. The number of sulfonamides is 1. The third-order valence-corrected chi connectivity index (χ3v) is 8.01. The van der Waals surface area contributed by atoms with Crippen molar-refractivity contribution >= 4 is 33.1 Å². The number of rotatable bonds is 4. The van der Waals surface area contributed by atoms with Crippen molar-refractivity contribution in [1.29, 1.82) is 0 Å². The standard InChI is InChI=1S/C20H26ClN5O2S/c1-23-8-14-26(15-9-23)29(27,28)17-6-7-20(22-16-17)25-12-10-24(11-13-25)19-5-3-2-4-18(19)21/h2-7,16H,8-15H2,1H3/p+2. The molecule has 0 aliphatic carbocycles. The van der Waals surface area contributed by atoms with Crippen molar-refractivity contribution in [2.24, 2.45) is 0 Å². The summed E-state index contributed by atoms with van der Waals surface area (Å²) < 4.78 is 27.3. The first kappa shape index (κ1) is 20.4. The van der Waals surface area contributed by atoms with Crippen LogP contribution in [0.15, 0.2) is 47.5 Å². The second kappa shape index (κ2) is 8.47. The second-order valence-electron chi connectivity index (χ2n) is 7.70. The lowest BCUT2D eigenvalue weighted by Gasteiger charge is -2.33. The fraction of sp³-hybridized carbons (Fsp3) is 0.450. The van der Waals surface area contributed by atoms with Gasteiger partial charge in [-0.15, -0.1) is 0 Å². The third-order valence-electron chi connectivity index (χ3n) is 5.80. The number of hydrogen-bond acceptors (Lipinski definition) is 4. The highest BCUT2D eigenvalue weighted by atomic mass is 35.5.